The fourth-order valence-electron chi connectivity index (χ4n) is 2.28. The minimum Gasteiger partial charge on any atom is -0.508 e. The molecule has 18 heavy (non-hydrogen) atoms. The van der Waals surface area contributed by atoms with E-state index in [1.54, 1.807) is 7.11 Å². The molecular weight excluding hydrogens is 234 g/mol. The Hall–Kier alpha value is -1.75. The molecule has 1 aliphatic rings. The highest BCUT2D eigenvalue weighted by molar-refractivity contribution is 5.95. The largest absolute Gasteiger partial charge is 0.508 e. The van der Waals surface area contributed by atoms with Crippen LogP contribution < -0.4 is 5.32 Å². The highest BCUT2D eigenvalue weighted by Crippen LogP contribution is 2.23. The Kier molecular flexibility index (Phi) is 3.72. The monoisotopic (exact) mass is 251 g/mol. The number of nitrogens with one attached hydrogen (secondary N) is 1. The second-order valence-corrected chi connectivity index (χ2v) is 4.58. The number of aromatic hydroxyl groups is 2. The van der Waals surface area contributed by atoms with Crippen LogP contribution in [0.2, 0.25) is 0 Å². The lowest BCUT2D eigenvalue weighted by molar-refractivity contribution is 0.0914. The Balaban J connectivity index is 1.99. The lowest BCUT2D eigenvalue weighted by atomic mass is 10.1. The molecule has 1 saturated carbocycles. The Morgan fingerprint density at radius 1 is 1.28 bits per heavy atom. The topological polar surface area (TPSA) is 78.8 Å². The van der Waals surface area contributed by atoms with Gasteiger partial charge in [0.25, 0.3) is 5.91 Å². The van der Waals surface area contributed by atoms with Crippen molar-refractivity contribution in [2.75, 3.05) is 7.11 Å². The molecular formula is C13H17NO4. The van der Waals surface area contributed by atoms with Crippen LogP contribution in [0.15, 0.2) is 18.2 Å². The summed E-state index contributed by atoms with van der Waals surface area (Å²) in [5.74, 6) is -0.536. The van der Waals surface area contributed by atoms with Crippen LogP contribution in [0.25, 0.3) is 0 Å². The third kappa shape index (κ3) is 2.92. The number of carbonyl (C=O) groups is 1. The summed E-state index contributed by atoms with van der Waals surface area (Å²) in [6, 6.07) is 3.94. The Labute approximate surface area is 105 Å². The molecule has 98 valence electrons. The fourth-order valence-corrected chi connectivity index (χ4v) is 2.28. The highest BCUT2D eigenvalue weighted by atomic mass is 16.5. The van der Waals surface area contributed by atoms with Gasteiger partial charge in [-0.1, -0.05) is 0 Å². The van der Waals surface area contributed by atoms with Crippen molar-refractivity contribution in [3.05, 3.63) is 23.8 Å². The predicted molar refractivity (Wildman–Crippen MR) is 65.7 cm³/mol. The number of phenols is 2. The average molecular weight is 251 g/mol. The van der Waals surface area contributed by atoms with E-state index in [0.717, 1.165) is 19.3 Å². The predicted octanol–water partition coefficient (Wildman–Crippen LogP) is 1.40. The van der Waals surface area contributed by atoms with Crippen molar-refractivity contribution in [2.45, 2.75) is 31.4 Å². The van der Waals surface area contributed by atoms with Gasteiger partial charge >= 0.3 is 0 Å². The summed E-state index contributed by atoms with van der Waals surface area (Å²) >= 11 is 0. The van der Waals surface area contributed by atoms with Gasteiger partial charge < -0.3 is 20.3 Å². The van der Waals surface area contributed by atoms with Crippen LogP contribution in [0.4, 0.5) is 0 Å². The van der Waals surface area contributed by atoms with E-state index in [1.807, 2.05) is 0 Å². The Morgan fingerprint density at radius 3 is 2.50 bits per heavy atom. The smallest absolute Gasteiger partial charge is 0.251 e. The summed E-state index contributed by atoms with van der Waals surface area (Å²) in [5.41, 5.74) is 0.258. The highest BCUT2D eigenvalue weighted by Gasteiger charge is 2.26. The maximum absolute atomic E-state index is 11.9. The van der Waals surface area contributed by atoms with Crippen LogP contribution in [0, 0.1) is 0 Å². The second kappa shape index (κ2) is 5.27. The van der Waals surface area contributed by atoms with E-state index in [2.05, 4.69) is 5.32 Å². The van der Waals surface area contributed by atoms with Gasteiger partial charge in [-0.05, 0) is 31.4 Å². The number of hydrogen-bond donors (Lipinski definition) is 3. The molecule has 2 atom stereocenters. The van der Waals surface area contributed by atoms with Crippen molar-refractivity contribution in [1.29, 1.82) is 0 Å². The zero-order chi connectivity index (χ0) is 13.1. The molecule has 0 saturated heterocycles. The van der Waals surface area contributed by atoms with Gasteiger partial charge in [0.15, 0.2) is 0 Å². The van der Waals surface area contributed by atoms with E-state index in [9.17, 15) is 15.0 Å². The average Bonchev–Trinajstić information content (AvgIpc) is 2.75. The molecule has 1 aliphatic carbocycles. The molecule has 0 radical (unpaired) electrons. The second-order valence-electron chi connectivity index (χ2n) is 4.58. The first kappa shape index (κ1) is 12.7. The van der Waals surface area contributed by atoms with Gasteiger partial charge in [-0.15, -0.1) is 0 Å². The van der Waals surface area contributed by atoms with Crippen molar-refractivity contribution in [3.8, 4) is 11.5 Å². The molecule has 3 N–H and O–H groups in total. The lowest BCUT2D eigenvalue weighted by Gasteiger charge is -2.13. The van der Waals surface area contributed by atoms with Crippen LogP contribution in [0.1, 0.15) is 29.6 Å². The number of phenolic OH excluding ortho intramolecular Hbond substituents is 2. The SMILES string of the molecule is COC1CCC(NC(=O)c2cc(O)cc(O)c2)C1. The van der Waals surface area contributed by atoms with Gasteiger partial charge in [-0.25, -0.2) is 0 Å². The van der Waals surface area contributed by atoms with Crippen molar-refractivity contribution >= 4 is 5.91 Å². The van der Waals surface area contributed by atoms with E-state index in [1.165, 1.54) is 18.2 Å². The number of benzene rings is 1. The van der Waals surface area contributed by atoms with Gasteiger partial charge in [0.05, 0.1) is 6.10 Å². The summed E-state index contributed by atoms with van der Waals surface area (Å²) in [7, 11) is 1.67. The van der Waals surface area contributed by atoms with Gasteiger partial charge in [0.1, 0.15) is 11.5 Å². The molecule has 0 heterocycles. The number of ether oxygens (including phenoxy) is 1. The van der Waals surface area contributed by atoms with Crippen LogP contribution in [-0.2, 0) is 4.74 Å². The van der Waals surface area contributed by atoms with E-state index < -0.39 is 0 Å². The zero-order valence-corrected chi connectivity index (χ0v) is 10.2. The molecule has 1 amide bonds. The van der Waals surface area contributed by atoms with E-state index >= 15 is 0 Å². The summed E-state index contributed by atoms with van der Waals surface area (Å²) in [6.07, 6.45) is 2.82. The molecule has 0 aliphatic heterocycles. The van der Waals surface area contributed by atoms with Gasteiger partial charge in [0, 0.05) is 24.8 Å². The maximum Gasteiger partial charge on any atom is 0.251 e. The summed E-state index contributed by atoms with van der Waals surface area (Å²) in [4.78, 5) is 11.9. The molecule has 1 aromatic rings. The summed E-state index contributed by atoms with van der Waals surface area (Å²) < 4.78 is 5.24. The third-order valence-corrected chi connectivity index (χ3v) is 3.22. The molecule has 5 nitrogen and oxygen atoms in total. The molecule has 0 aromatic heterocycles. The molecule has 5 heteroatoms. The molecule has 1 aromatic carbocycles. The van der Waals surface area contributed by atoms with Crippen molar-refractivity contribution in [3.63, 3.8) is 0 Å². The van der Waals surface area contributed by atoms with Crippen LogP contribution >= 0.6 is 0 Å². The van der Waals surface area contributed by atoms with Crippen molar-refractivity contribution < 1.29 is 19.7 Å². The van der Waals surface area contributed by atoms with Crippen molar-refractivity contribution in [1.82, 2.24) is 5.32 Å². The number of amides is 1. The van der Waals surface area contributed by atoms with Crippen molar-refractivity contribution in [2.24, 2.45) is 0 Å². The Morgan fingerprint density at radius 2 is 1.94 bits per heavy atom. The Bertz CT molecular complexity index is 426. The normalized spacial score (nSPS) is 22.9. The lowest BCUT2D eigenvalue weighted by Crippen LogP contribution is -2.33. The maximum atomic E-state index is 11.9. The minimum atomic E-state index is -0.289. The first-order valence-corrected chi connectivity index (χ1v) is 5.95. The quantitative estimate of drug-likeness (QED) is 0.758. The van der Waals surface area contributed by atoms with Crippen LogP contribution in [-0.4, -0.2) is 35.4 Å². The molecule has 0 bridgehead atoms. The molecule has 2 unspecified atom stereocenters. The summed E-state index contributed by atoms with van der Waals surface area (Å²) in [6.45, 7) is 0. The zero-order valence-electron chi connectivity index (χ0n) is 10.2. The fraction of sp³-hybridized carbons (Fsp3) is 0.462. The number of methoxy groups -OCH3 is 1. The number of rotatable bonds is 3. The summed E-state index contributed by atoms with van der Waals surface area (Å²) in [5, 5.41) is 21.5. The van der Waals surface area contributed by atoms with Crippen LogP contribution in [0.5, 0.6) is 11.5 Å². The molecule has 2 rings (SSSR count). The first-order chi connectivity index (χ1) is 8.58. The van der Waals surface area contributed by atoms with E-state index in [4.69, 9.17) is 4.74 Å². The van der Waals surface area contributed by atoms with Gasteiger partial charge in [-0.2, -0.15) is 0 Å². The van der Waals surface area contributed by atoms with Crippen LogP contribution in [0.3, 0.4) is 0 Å². The number of hydrogen-bond acceptors (Lipinski definition) is 4. The van der Waals surface area contributed by atoms with E-state index in [-0.39, 0.29) is 35.1 Å². The van der Waals surface area contributed by atoms with Gasteiger partial charge in [0.2, 0.25) is 0 Å². The molecule has 1 fully saturated rings. The first-order valence-electron chi connectivity index (χ1n) is 5.95. The number of carbonyl (C=O) groups excluding carboxylic acids is 1. The third-order valence-electron chi connectivity index (χ3n) is 3.22. The molecule has 0 spiro atoms. The van der Waals surface area contributed by atoms with Gasteiger partial charge in [-0.3, -0.25) is 4.79 Å². The standard InChI is InChI=1S/C13H17NO4/c1-18-12-3-2-9(6-12)14-13(17)8-4-10(15)7-11(16)5-8/h4-5,7,9,12,15-16H,2-3,6H2,1H3,(H,14,17). The van der Waals surface area contributed by atoms with E-state index in [0.29, 0.717) is 0 Å². The minimum absolute atomic E-state index is 0.0898.